The van der Waals surface area contributed by atoms with Gasteiger partial charge in [-0.15, -0.1) is 11.3 Å². The number of amides is 5. The quantitative estimate of drug-likeness (QED) is 0.545. The Bertz CT molecular complexity index is 718. The van der Waals surface area contributed by atoms with Crippen molar-refractivity contribution in [2.45, 2.75) is 19.9 Å². The molecule has 2 rings (SSSR count). The van der Waals surface area contributed by atoms with Gasteiger partial charge >= 0.3 is 17.8 Å². The van der Waals surface area contributed by atoms with E-state index in [1.807, 2.05) is 0 Å². The molecule has 1 aromatic heterocycles. The Labute approximate surface area is 147 Å². The first-order valence-corrected chi connectivity index (χ1v) is 8.34. The molecule has 1 fully saturated rings. The first-order valence-electron chi connectivity index (χ1n) is 7.47. The van der Waals surface area contributed by atoms with Gasteiger partial charge in [0.25, 0.3) is 0 Å². The molecule has 25 heavy (non-hydrogen) atoms. The number of hydrogen-bond donors (Lipinski definition) is 2. The van der Waals surface area contributed by atoms with Crippen molar-refractivity contribution in [2.24, 2.45) is 0 Å². The van der Waals surface area contributed by atoms with Gasteiger partial charge in [0.05, 0.1) is 5.69 Å². The zero-order valence-electron chi connectivity index (χ0n) is 13.6. The lowest BCUT2D eigenvalue weighted by Gasteiger charge is -2.32. The van der Waals surface area contributed by atoms with Crippen molar-refractivity contribution in [3.8, 4) is 0 Å². The van der Waals surface area contributed by atoms with Crippen LogP contribution in [0.1, 0.15) is 25.6 Å². The van der Waals surface area contributed by atoms with E-state index in [1.165, 1.54) is 17.2 Å². The Morgan fingerprint density at radius 3 is 2.68 bits per heavy atom. The van der Waals surface area contributed by atoms with Gasteiger partial charge in [0.15, 0.2) is 5.13 Å². The Morgan fingerprint density at radius 1 is 1.36 bits per heavy atom. The third-order valence-corrected chi connectivity index (χ3v) is 4.25. The number of thiazole rings is 1. The van der Waals surface area contributed by atoms with Crippen LogP contribution in [0.15, 0.2) is 5.38 Å². The van der Waals surface area contributed by atoms with Crippen molar-refractivity contribution in [3.63, 3.8) is 0 Å². The van der Waals surface area contributed by atoms with E-state index in [1.54, 1.807) is 6.92 Å². The van der Waals surface area contributed by atoms with Crippen LogP contribution < -0.4 is 10.6 Å². The molecule has 10 nitrogen and oxygen atoms in total. The Balaban J connectivity index is 2.06. The van der Waals surface area contributed by atoms with Gasteiger partial charge in [-0.1, -0.05) is 0 Å². The summed E-state index contributed by atoms with van der Waals surface area (Å²) in [5, 5.41) is 6.62. The molecule has 1 aliphatic rings. The fraction of sp³-hybridized carbons (Fsp3) is 0.429. The van der Waals surface area contributed by atoms with E-state index in [2.05, 4.69) is 15.6 Å². The van der Waals surface area contributed by atoms with Crippen LogP contribution in [-0.4, -0.2) is 64.5 Å². The van der Waals surface area contributed by atoms with Gasteiger partial charge in [-0.25, -0.2) is 9.78 Å². The number of rotatable bonds is 5. The van der Waals surface area contributed by atoms with Crippen LogP contribution in [0.2, 0.25) is 0 Å². The Morgan fingerprint density at radius 2 is 2.08 bits per heavy atom. The van der Waals surface area contributed by atoms with E-state index < -0.39 is 23.9 Å². The number of likely N-dealkylation sites (N-methyl/N-ethyl adjacent to an activating group) is 1. The molecule has 134 valence electrons. The smallest absolute Gasteiger partial charge is 0.325 e. The Kier molecular flexibility index (Phi) is 5.80. The number of anilines is 1. The van der Waals surface area contributed by atoms with Crippen LogP contribution in [-0.2, 0) is 19.2 Å². The highest BCUT2D eigenvalue weighted by atomic mass is 32.1. The molecule has 0 aliphatic carbocycles. The third-order valence-electron chi connectivity index (χ3n) is 3.47. The van der Waals surface area contributed by atoms with Crippen LogP contribution in [0.5, 0.6) is 0 Å². The van der Waals surface area contributed by atoms with Crippen LogP contribution in [0, 0.1) is 0 Å². The molecule has 0 aromatic carbocycles. The van der Waals surface area contributed by atoms with Crippen LogP contribution >= 0.6 is 11.3 Å². The van der Waals surface area contributed by atoms with E-state index in [4.69, 9.17) is 0 Å². The summed E-state index contributed by atoms with van der Waals surface area (Å²) in [5.74, 6) is -2.01. The zero-order chi connectivity index (χ0) is 18.6. The van der Waals surface area contributed by atoms with Crippen molar-refractivity contribution < 1.29 is 24.0 Å². The standard InChI is InChI=1S/C14H17N5O5S/c1-3-18-4-5-19(12(23)11(18)22)14(24)17-9(6-20)10-7-25-13(16-10)15-8(2)21/h6-7,9H,3-5H2,1-2H3,(H,17,24)(H,15,16,21). The largest absolute Gasteiger partial charge is 0.333 e. The van der Waals surface area contributed by atoms with Crippen molar-refractivity contribution in [1.82, 2.24) is 20.1 Å². The molecule has 5 amide bonds. The normalized spacial score (nSPS) is 15.8. The van der Waals surface area contributed by atoms with Gasteiger partial charge in [0, 0.05) is 31.9 Å². The number of piperazine rings is 1. The van der Waals surface area contributed by atoms with Gasteiger partial charge < -0.3 is 20.3 Å². The highest BCUT2D eigenvalue weighted by Gasteiger charge is 2.36. The summed E-state index contributed by atoms with van der Waals surface area (Å²) in [5.41, 5.74) is 0.225. The second-order valence-corrected chi connectivity index (χ2v) is 6.02. The fourth-order valence-corrected chi connectivity index (χ4v) is 2.99. The topological polar surface area (TPSA) is 129 Å². The zero-order valence-corrected chi connectivity index (χ0v) is 14.5. The van der Waals surface area contributed by atoms with Gasteiger partial charge in [-0.3, -0.25) is 19.3 Å². The second kappa shape index (κ2) is 7.83. The highest BCUT2D eigenvalue weighted by Crippen LogP contribution is 2.20. The van der Waals surface area contributed by atoms with Crippen LogP contribution in [0.4, 0.5) is 9.93 Å². The van der Waals surface area contributed by atoms with E-state index in [0.717, 1.165) is 16.2 Å². The number of nitrogens with zero attached hydrogens (tertiary/aromatic N) is 3. The molecule has 0 bridgehead atoms. The Hall–Kier alpha value is -2.82. The lowest BCUT2D eigenvalue weighted by Crippen LogP contribution is -2.58. The average molecular weight is 367 g/mol. The van der Waals surface area contributed by atoms with Crippen molar-refractivity contribution in [1.29, 1.82) is 0 Å². The SMILES string of the molecule is CCN1CCN(C(=O)NC(C=O)c2csc(NC(C)=O)n2)C(=O)C1=O. The molecule has 1 unspecified atom stereocenters. The minimum Gasteiger partial charge on any atom is -0.333 e. The summed E-state index contributed by atoms with van der Waals surface area (Å²) in [7, 11) is 0. The van der Waals surface area contributed by atoms with Gasteiger partial charge in [0.2, 0.25) is 5.91 Å². The molecule has 0 spiro atoms. The molecule has 1 aromatic rings. The number of imide groups is 1. The summed E-state index contributed by atoms with van der Waals surface area (Å²) in [6.45, 7) is 3.71. The first kappa shape index (κ1) is 18.5. The first-order chi connectivity index (χ1) is 11.9. The lowest BCUT2D eigenvalue weighted by molar-refractivity contribution is -0.153. The number of carbonyl (C=O) groups excluding carboxylic acids is 5. The number of aldehydes is 1. The van der Waals surface area contributed by atoms with Crippen LogP contribution in [0.25, 0.3) is 0 Å². The molecule has 2 heterocycles. The maximum atomic E-state index is 12.2. The number of aromatic nitrogens is 1. The predicted molar refractivity (Wildman–Crippen MR) is 87.7 cm³/mol. The number of carbonyl (C=O) groups is 5. The summed E-state index contributed by atoms with van der Waals surface area (Å²) in [6.07, 6.45) is 0.457. The molecule has 1 atom stereocenters. The average Bonchev–Trinajstić information content (AvgIpc) is 3.02. The monoisotopic (exact) mass is 367 g/mol. The van der Waals surface area contributed by atoms with E-state index in [-0.39, 0.29) is 29.8 Å². The summed E-state index contributed by atoms with van der Waals surface area (Å²) >= 11 is 1.09. The molecule has 1 saturated heterocycles. The third kappa shape index (κ3) is 4.18. The van der Waals surface area contributed by atoms with Crippen LogP contribution in [0.3, 0.4) is 0 Å². The van der Waals surface area contributed by atoms with Crippen molar-refractivity contribution >= 4 is 46.5 Å². The second-order valence-electron chi connectivity index (χ2n) is 5.16. The van der Waals surface area contributed by atoms with E-state index in [9.17, 15) is 24.0 Å². The lowest BCUT2D eigenvalue weighted by atomic mass is 10.2. The maximum absolute atomic E-state index is 12.2. The van der Waals surface area contributed by atoms with Crippen molar-refractivity contribution in [3.05, 3.63) is 11.1 Å². The van der Waals surface area contributed by atoms with E-state index in [0.29, 0.717) is 12.8 Å². The molecule has 0 radical (unpaired) electrons. The van der Waals surface area contributed by atoms with Gasteiger partial charge in [0.1, 0.15) is 12.3 Å². The minimum absolute atomic E-state index is 0.0457. The summed E-state index contributed by atoms with van der Waals surface area (Å²) in [4.78, 5) is 64.5. The molecular weight excluding hydrogens is 350 g/mol. The van der Waals surface area contributed by atoms with Gasteiger partial charge in [-0.05, 0) is 6.92 Å². The molecule has 2 N–H and O–H groups in total. The predicted octanol–water partition coefficient (Wildman–Crippen LogP) is -0.258. The highest BCUT2D eigenvalue weighted by molar-refractivity contribution is 7.13. The maximum Gasteiger partial charge on any atom is 0.325 e. The molecule has 1 aliphatic heterocycles. The number of hydrogen-bond acceptors (Lipinski definition) is 7. The van der Waals surface area contributed by atoms with Crippen molar-refractivity contribution in [2.75, 3.05) is 25.0 Å². The molecule has 0 saturated carbocycles. The summed E-state index contributed by atoms with van der Waals surface area (Å²) in [6, 6.07) is -1.95. The van der Waals surface area contributed by atoms with Gasteiger partial charge in [-0.2, -0.15) is 0 Å². The number of nitrogens with one attached hydrogen (secondary N) is 2. The molecule has 11 heteroatoms. The van der Waals surface area contributed by atoms with E-state index >= 15 is 0 Å². The molecular formula is C14H17N5O5S. The minimum atomic E-state index is -1.10. The fourth-order valence-electron chi connectivity index (χ4n) is 2.20. The summed E-state index contributed by atoms with van der Waals surface area (Å²) < 4.78 is 0. The number of urea groups is 1.